The summed E-state index contributed by atoms with van der Waals surface area (Å²) in [6, 6.07) is 12.8. The highest BCUT2D eigenvalue weighted by molar-refractivity contribution is 8.00. The van der Waals surface area contributed by atoms with E-state index < -0.39 is 6.04 Å². The van der Waals surface area contributed by atoms with Crippen molar-refractivity contribution in [2.24, 2.45) is 13.0 Å². The van der Waals surface area contributed by atoms with Gasteiger partial charge in [0, 0.05) is 40.8 Å². The molecular formula is C25H28ClN3O2S. The van der Waals surface area contributed by atoms with E-state index in [9.17, 15) is 9.59 Å². The fourth-order valence-electron chi connectivity index (χ4n) is 4.16. The molecule has 0 aliphatic carbocycles. The molecule has 0 saturated carbocycles. The fourth-order valence-corrected chi connectivity index (χ4v) is 5.41. The molecule has 3 aromatic rings. The first kappa shape index (κ1) is 22.7. The van der Waals surface area contributed by atoms with E-state index in [1.54, 1.807) is 11.0 Å². The third-order valence-corrected chi connectivity index (χ3v) is 7.49. The van der Waals surface area contributed by atoms with E-state index in [1.807, 2.05) is 50.4 Å². The van der Waals surface area contributed by atoms with Gasteiger partial charge in [-0.1, -0.05) is 61.5 Å². The lowest BCUT2D eigenvalue weighted by molar-refractivity contribution is -0.125. The summed E-state index contributed by atoms with van der Waals surface area (Å²) < 4.78 is 2.09. The number of para-hydroxylation sites is 1. The van der Waals surface area contributed by atoms with Gasteiger partial charge in [0.25, 0.3) is 0 Å². The lowest BCUT2D eigenvalue weighted by Crippen LogP contribution is -2.44. The Morgan fingerprint density at radius 3 is 2.72 bits per heavy atom. The lowest BCUT2D eigenvalue weighted by Gasteiger charge is -2.30. The normalized spacial score (nSPS) is 16.4. The number of amides is 2. The number of benzene rings is 2. The number of anilines is 1. The number of rotatable bonds is 5. The topological polar surface area (TPSA) is 54.3 Å². The maximum absolute atomic E-state index is 13.7. The molecule has 2 aromatic carbocycles. The van der Waals surface area contributed by atoms with Crippen LogP contribution in [0.2, 0.25) is 5.02 Å². The van der Waals surface area contributed by atoms with Crippen LogP contribution >= 0.6 is 23.4 Å². The number of halogens is 1. The number of thioether (sulfide) groups is 1. The van der Waals surface area contributed by atoms with E-state index in [0.29, 0.717) is 23.2 Å². The molecule has 32 heavy (non-hydrogen) atoms. The van der Waals surface area contributed by atoms with Gasteiger partial charge >= 0.3 is 0 Å². The van der Waals surface area contributed by atoms with Crippen LogP contribution in [0, 0.1) is 12.8 Å². The zero-order valence-electron chi connectivity index (χ0n) is 18.8. The molecule has 7 heteroatoms. The van der Waals surface area contributed by atoms with Crippen molar-refractivity contribution in [3.05, 3.63) is 58.6 Å². The highest BCUT2D eigenvalue weighted by atomic mass is 35.5. The molecule has 168 valence electrons. The van der Waals surface area contributed by atoms with Crippen LogP contribution in [-0.2, 0) is 16.6 Å². The first-order valence-electron chi connectivity index (χ1n) is 10.9. The van der Waals surface area contributed by atoms with Crippen LogP contribution in [-0.4, -0.2) is 28.7 Å². The lowest BCUT2D eigenvalue weighted by atomic mass is 10.0. The molecule has 0 unspecified atom stereocenters. The van der Waals surface area contributed by atoms with Gasteiger partial charge in [0.2, 0.25) is 11.8 Å². The number of hydrogen-bond acceptors (Lipinski definition) is 3. The third-order valence-electron chi connectivity index (χ3n) is 5.93. The Kier molecular flexibility index (Phi) is 6.54. The first-order chi connectivity index (χ1) is 15.3. The maximum atomic E-state index is 13.7. The number of nitrogens with one attached hydrogen (secondary N) is 1. The van der Waals surface area contributed by atoms with Gasteiger partial charge in [-0.25, -0.2) is 0 Å². The van der Waals surface area contributed by atoms with Gasteiger partial charge in [-0.15, -0.1) is 0 Å². The predicted octanol–water partition coefficient (Wildman–Crippen LogP) is 5.48. The number of carbonyl (C=O) groups is 2. The smallest absolute Gasteiger partial charge is 0.247 e. The van der Waals surface area contributed by atoms with Crippen LogP contribution in [0.15, 0.2) is 47.5 Å². The highest BCUT2D eigenvalue weighted by Gasteiger charge is 2.39. The SMILES string of the molecule is Cc1ccc(N2C(=O)CSc3c(c4ccccc4n3C)[C@H]2C(=O)NCCC(C)C)cc1Cl. The molecule has 1 aliphatic heterocycles. The van der Waals surface area contributed by atoms with Crippen molar-refractivity contribution in [3.8, 4) is 0 Å². The molecule has 1 atom stereocenters. The standard InChI is InChI=1S/C25H28ClN3O2S/c1-15(2)11-12-27-24(31)23-22-18-7-5-6-8-20(18)28(4)25(22)32-14-21(30)29(23)17-10-9-16(3)19(26)13-17/h5-10,13,15,23H,11-12,14H2,1-4H3,(H,27,31)/t23-/m0/s1. The number of aromatic nitrogens is 1. The van der Waals surface area contributed by atoms with Gasteiger partial charge < -0.3 is 9.88 Å². The van der Waals surface area contributed by atoms with E-state index in [2.05, 4.69) is 23.7 Å². The number of fused-ring (bicyclic) bond motifs is 3. The van der Waals surface area contributed by atoms with Crippen LogP contribution in [0.4, 0.5) is 5.69 Å². The van der Waals surface area contributed by atoms with Crippen molar-refractivity contribution < 1.29 is 9.59 Å². The minimum atomic E-state index is -0.774. The van der Waals surface area contributed by atoms with Crippen LogP contribution < -0.4 is 10.2 Å². The summed E-state index contributed by atoms with van der Waals surface area (Å²) >= 11 is 7.90. The van der Waals surface area contributed by atoms with E-state index >= 15 is 0 Å². The van der Waals surface area contributed by atoms with E-state index in [4.69, 9.17) is 11.6 Å². The molecular weight excluding hydrogens is 442 g/mol. The third kappa shape index (κ3) is 4.14. The number of nitrogens with zero attached hydrogens (tertiary/aromatic N) is 2. The summed E-state index contributed by atoms with van der Waals surface area (Å²) in [6.45, 7) is 6.74. The van der Waals surface area contributed by atoms with E-state index in [-0.39, 0.29) is 17.6 Å². The number of hydrogen-bond donors (Lipinski definition) is 1. The van der Waals surface area contributed by atoms with E-state index in [0.717, 1.165) is 33.5 Å². The molecule has 0 fully saturated rings. The van der Waals surface area contributed by atoms with Crippen molar-refractivity contribution in [2.75, 3.05) is 17.2 Å². The number of aryl methyl sites for hydroxylation is 2. The second kappa shape index (κ2) is 9.20. The van der Waals surface area contributed by atoms with Gasteiger partial charge in [-0.3, -0.25) is 14.5 Å². The molecule has 1 aromatic heterocycles. The zero-order valence-corrected chi connectivity index (χ0v) is 20.4. The average molecular weight is 470 g/mol. The van der Waals surface area contributed by atoms with Crippen molar-refractivity contribution >= 4 is 51.8 Å². The molecule has 1 aliphatic rings. The van der Waals surface area contributed by atoms with Crippen LogP contribution in [0.25, 0.3) is 10.9 Å². The minimum Gasteiger partial charge on any atom is -0.354 e. The largest absolute Gasteiger partial charge is 0.354 e. The van der Waals surface area contributed by atoms with Gasteiger partial charge in [-0.05, 0) is 43.0 Å². The molecule has 0 bridgehead atoms. The molecule has 2 heterocycles. The Labute approximate surface area is 198 Å². The van der Waals surface area contributed by atoms with Crippen LogP contribution in [0.1, 0.15) is 37.4 Å². The summed E-state index contributed by atoms with van der Waals surface area (Å²) in [5, 5.41) is 5.60. The Bertz CT molecular complexity index is 1190. The summed E-state index contributed by atoms with van der Waals surface area (Å²) in [7, 11) is 1.99. The summed E-state index contributed by atoms with van der Waals surface area (Å²) in [4.78, 5) is 28.7. The Balaban J connectivity index is 1.89. The molecule has 0 saturated heterocycles. The molecule has 0 radical (unpaired) electrons. The molecule has 1 N–H and O–H groups in total. The zero-order chi connectivity index (χ0) is 23.0. The predicted molar refractivity (Wildman–Crippen MR) is 133 cm³/mol. The average Bonchev–Trinajstić information content (AvgIpc) is 2.93. The molecule has 2 amide bonds. The van der Waals surface area contributed by atoms with Gasteiger partial charge in [0.05, 0.1) is 10.8 Å². The van der Waals surface area contributed by atoms with Crippen molar-refractivity contribution in [3.63, 3.8) is 0 Å². The molecule has 0 spiro atoms. The Morgan fingerprint density at radius 2 is 2.00 bits per heavy atom. The van der Waals surface area contributed by atoms with Gasteiger partial charge in [0.1, 0.15) is 6.04 Å². The second-order valence-corrected chi connectivity index (χ2v) is 10.0. The minimum absolute atomic E-state index is 0.112. The van der Waals surface area contributed by atoms with Crippen molar-refractivity contribution in [1.29, 1.82) is 0 Å². The van der Waals surface area contributed by atoms with Crippen molar-refractivity contribution in [1.82, 2.24) is 9.88 Å². The summed E-state index contributed by atoms with van der Waals surface area (Å²) in [5.41, 5.74) is 3.48. The second-order valence-electron chi connectivity index (χ2n) is 8.66. The number of carbonyl (C=O) groups excluding carboxylic acids is 2. The van der Waals surface area contributed by atoms with E-state index in [1.165, 1.54) is 11.8 Å². The fraction of sp³-hybridized carbons (Fsp3) is 0.360. The monoisotopic (exact) mass is 469 g/mol. The van der Waals surface area contributed by atoms with Crippen LogP contribution in [0.5, 0.6) is 0 Å². The maximum Gasteiger partial charge on any atom is 0.247 e. The Hall–Kier alpha value is -2.44. The molecule has 5 nitrogen and oxygen atoms in total. The Morgan fingerprint density at radius 1 is 1.25 bits per heavy atom. The van der Waals surface area contributed by atoms with Crippen molar-refractivity contribution in [2.45, 2.75) is 38.3 Å². The summed E-state index contributed by atoms with van der Waals surface area (Å²) in [6.07, 6.45) is 0.875. The quantitative estimate of drug-likeness (QED) is 0.538. The first-order valence-corrected chi connectivity index (χ1v) is 12.2. The molecule has 4 rings (SSSR count). The van der Waals surface area contributed by atoms with Gasteiger partial charge in [0.15, 0.2) is 0 Å². The summed E-state index contributed by atoms with van der Waals surface area (Å²) in [5.74, 6) is 0.440. The van der Waals surface area contributed by atoms with Crippen LogP contribution in [0.3, 0.4) is 0 Å². The van der Waals surface area contributed by atoms with Gasteiger partial charge in [-0.2, -0.15) is 0 Å². The highest BCUT2D eigenvalue weighted by Crippen LogP contribution is 2.43.